The van der Waals surface area contributed by atoms with Gasteiger partial charge in [0, 0.05) is 6.42 Å². The lowest BCUT2D eigenvalue weighted by Crippen LogP contribution is -2.10. The van der Waals surface area contributed by atoms with Gasteiger partial charge in [-0.05, 0) is 31.6 Å². The Bertz CT molecular complexity index is 206. The molecule has 0 aromatic heterocycles. The molecule has 0 N–H and O–H groups in total. The molecule has 18 heavy (non-hydrogen) atoms. The van der Waals surface area contributed by atoms with Crippen LogP contribution in [-0.4, -0.2) is 5.78 Å². The zero-order chi connectivity index (χ0) is 13.9. The van der Waals surface area contributed by atoms with Crippen LogP contribution in [0.2, 0.25) is 0 Å². The molecule has 0 saturated heterocycles. The number of carbonyl (C=O) groups is 1. The molecule has 0 atom stereocenters. The lowest BCUT2D eigenvalue weighted by Gasteiger charge is -2.23. The summed E-state index contributed by atoms with van der Waals surface area (Å²) in [7, 11) is 0. The number of hydrogen-bond donors (Lipinski definition) is 0. The van der Waals surface area contributed by atoms with Gasteiger partial charge in [-0.25, -0.2) is 0 Å². The second-order valence-corrected chi connectivity index (χ2v) is 6.59. The van der Waals surface area contributed by atoms with Gasteiger partial charge >= 0.3 is 0 Å². The van der Waals surface area contributed by atoms with Crippen LogP contribution < -0.4 is 0 Å². The molecule has 0 aromatic carbocycles. The number of rotatable bonds is 12. The first-order valence-electron chi connectivity index (χ1n) is 7.97. The molecule has 108 valence electrons. The Hall–Kier alpha value is -0.330. The second-order valence-electron chi connectivity index (χ2n) is 6.59. The van der Waals surface area contributed by atoms with Crippen LogP contribution in [0.5, 0.6) is 0 Å². The highest BCUT2D eigenvalue weighted by atomic mass is 16.1. The summed E-state index contributed by atoms with van der Waals surface area (Å²) >= 11 is 0. The van der Waals surface area contributed by atoms with Crippen molar-refractivity contribution in [1.29, 1.82) is 0 Å². The van der Waals surface area contributed by atoms with Crippen LogP contribution in [0.3, 0.4) is 0 Å². The number of hydrogen-bond acceptors (Lipinski definition) is 1. The van der Waals surface area contributed by atoms with Crippen molar-refractivity contribution in [3.8, 4) is 0 Å². The van der Waals surface area contributed by atoms with Crippen molar-refractivity contribution in [3.05, 3.63) is 0 Å². The first-order chi connectivity index (χ1) is 8.48. The van der Waals surface area contributed by atoms with Gasteiger partial charge < -0.3 is 4.79 Å². The van der Waals surface area contributed by atoms with Gasteiger partial charge in [-0.15, -0.1) is 0 Å². The monoisotopic (exact) mass is 254 g/mol. The van der Waals surface area contributed by atoms with Gasteiger partial charge in [-0.1, -0.05) is 65.7 Å². The van der Waals surface area contributed by atoms with Crippen LogP contribution >= 0.6 is 0 Å². The standard InChI is InChI=1S/C17H34O/c1-5-14-17(3,4)15-12-10-8-6-7-9-11-13-16(2)18/h5-15H2,1-4H3. The normalized spacial score (nSPS) is 11.8. The molecule has 0 aliphatic carbocycles. The third-order valence-corrected chi connectivity index (χ3v) is 3.81. The van der Waals surface area contributed by atoms with Crippen LogP contribution in [0, 0.1) is 5.41 Å². The maximum absolute atomic E-state index is 10.8. The van der Waals surface area contributed by atoms with Crippen LogP contribution in [0.4, 0.5) is 0 Å². The van der Waals surface area contributed by atoms with Crippen molar-refractivity contribution in [1.82, 2.24) is 0 Å². The van der Waals surface area contributed by atoms with Crippen molar-refractivity contribution in [3.63, 3.8) is 0 Å². The Kier molecular flexibility index (Phi) is 10.4. The van der Waals surface area contributed by atoms with Gasteiger partial charge in [0.25, 0.3) is 0 Å². The van der Waals surface area contributed by atoms with E-state index in [9.17, 15) is 4.79 Å². The predicted molar refractivity (Wildman–Crippen MR) is 80.9 cm³/mol. The fourth-order valence-electron chi connectivity index (χ4n) is 2.66. The summed E-state index contributed by atoms with van der Waals surface area (Å²) in [5, 5.41) is 0. The topological polar surface area (TPSA) is 17.1 Å². The van der Waals surface area contributed by atoms with E-state index in [1.165, 1.54) is 57.8 Å². The molecule has 0 aliphatic rings. The van der Waals surface area contributed by atoms with E-state index in [0.717, 1.165) is 12.8 Å². The Balaban J connectivity index is 3.23. The molecule has 0 aliphatic heterocycles. The fraction of sp³-hybridized carbons (Fsp3) is 0.941. The van der Waals surface area contributed by atoms with Gasteiger partial charge in [0.1, 0.15) is 5.78 Å². The lowest BCUT2D eigenvalue weighted by atomic mass is 9.83. The van der Waals surface area contributed by atoms with Crippen LogP contribution in [0.15, 0.2) is 0 Å². The Morgan fingerprint density at radius 1 is 0.833 bits per heavy atom. The van der Waals surface area contributed by atoms with E-state index < -0.39 is 0 Å². The highest BCUT2D eigenvalue weighted by molar-refractivity contribution is 5.75. The van der Waals surface area contributed by atoms with E-state index in [1.807, 2.05) is 0 Å². The maximum Gasteiger partial charge on any atom is 0.129 e. The summed E-state index contributed by atoms with van der Waals surface area (Å²) in [6, 6.07) is 0. The van der Waals surface area contributed by atoms with Crippen molar-refractivity contribution < 1.29 is 4.79 Å². The van der Waals surface area contributed by atoms with Crippen LogP contribution in [-0.2, 0) is 4.79 Å². The summed E-state index contributed by atoms with van der Waals surface area (Å²) in [5.74, 6) is 0.341. The lowest BCUT2D eigenvalue weighted by molar-refractivity contribution is -0.117. The molecule has 1 nitrogen and oxygen atoms in total. The Morgan fingerprint density at radius 2 is 1.33 bits per heavy atom. The molecular weight excluding hydrogens is 220 g/mol. The zero-order valence-corrected chi connectivity index (χ0v) is 13.2. The Labute approximate surface area is 115 Å². The molecular formula is C17H34O. The van der Waals surface area contributed by atoms with E-state index in [-0.39, 0.29) is 0 Å². The zero-order valence-electron chi connectivity index (χ0n) is 13.2. The first kappa shape index (κ1) is 17.7. The van der Waals surface area contributed by atoms with Crippen molar-refractivity contribution in [2.45, 2.75) is 98.3 Å². The number of unbranched alkanes of at least 4 members (excludes halogenated alkanes) is 6. The highest BCUT2D eigenvalue weighted by Crippen LogP contribution is 2.29. The Morgan fingerprint density at radius 3 is 1.83 bits per heavy atom. The molecule has 0 saturated carbocycles. The average molecular weight is 254 g/mol. The fourth-order valence-corrected chi connectivity index (χ4v) is 2.66. The summed E-state index contributed by atoms with van der Waals surface area (Å²) in [6.45, 7) is 8.78. The first-order valence-corrected chi connectivity index (χ1v) is 7.97. The third kappa shape index (κ3) is 12.1. The van der Waals surface area contributed by atoms with E-state index >= 15 is 0 Å². The van der Waals surface area contributed by atoms with Gasteiger partial charge in [-0.3, -0.25) is 0 Å². The summed E-state index contributed by atoms with van der Waals surface area (Å²) in [5.41, 5.74) is 0.552. The van der Waals surface area contributed by atoms with E-state index in [4.69, 9.17) is 0 Å². The predicted octanol–water partition coefficient (Wildman–Crippen LogP) is 5.91. The number of ketones is 1. The van der Waals surface area contributed by atoms with Gasteiger partial charge in [-0.2, -0.15) is 0 Å². The van der Waals surface area contributed by atoms with Crippen LogP contribution in [0.1, 0.15) is 98.3 Å². The average Bonchev–Trinajstić information content (AvgIpc) is 2.26. The second kappa shape index (κ2) is 10.6. The minimum absolute atomic E-state index is 0.341. The quantitative estimate of drug-likeness (QED) is 0.395. The van der Waals surface area contributed by atoms with Gasteiger partial charge in [0.05, 0.1) is 0 Å². The largest absolute Gasteiger partial charge is 0.300 e. The van der Waals surface area contributed by atoms with E-state index in [2.05, 4.69) is 20.8 Å². The highest BCUT2D eigenvalue weighted by Gasteiger charge is 2.15. The van der Waals surface area contributed by atoms with E-state index in [0.29, 0.717) is 11.2 Å². The molecule has 0 radical (unpaired) electrons. The summed E-state index contributed by atoms with van der Waals surface area (Å²) in [4.78, 5) is 10.8. The molecule has 1 heteroatoms. The number of carbonyl (C=O) groups excluding carboxylic acids is 1. The molecule has 0 heterocycles. The van der Waals surface area contributed by atoms with Crippen LogP contribution in [0.25, 0.3) is 0 Å². The molecule has 0 amide bonds. The molecule has 0 aromatic rings. The molecule has 0 fully saturated rings. The van der Waals surface area contributed by atoms with Gasteiger partial charge in [0.15, 0.2) is 0 Å². The van der Waals surface area contributed by atoms with Crippen molar-refractivity contribution in [2.75, 3.05) is 0 Å². The smallest absolute Gasteiger partial charge is 0.129 e. The molecule has 0 unspecified atom stereocenters. The van der Waals surface area contributed by atoms with Crippen molar-refractivity contribution >= 4 is 5.78 Å². The number of Topliss-reactive ketones (excluding diaryl/α,β-unsaturated/α-hetero) is 1. The third-order valence-electron chi connectivity index (χ3n) is 3.81. The minimum atomic E-state index is 0.341. The summed E-state index contributed by atoms with van der Waals surface area (Å²) in [6.07, 6.45) is 14.0. The molecule has 0 rings (SSSR count). The van der Waals surface area contributed by atoms with Crippen molar-refractivity contribution in [2.24, 2.45) is 5.41 Å². The molecule has 0 bridgehead atoms. The summed E-state index contributed by atoms with van der Waals surface area (Å²) < 4.78 is 0. The van der Waals surface area contributed by atoms with Gasteiger partial charge in [0.2, 0.25) is 0 Å². The maximum atomic E-state index is 10.8. The molecule has 0 spiro atoms. The van der Waals surface area contributed by atoms with E-state index in [1.54, 1.807) is 6.92 Å². The minimum Gasteiger partial charge on any atom is -0.300 e. The SMILES string of the molecule is CCCC(C)(C)CCCCCCCCCC(C)=O.